The molecule has 1 aliphatic heterocycles. The first kappa shape index (κ1) is 10.7. The highest BCUT2D eigenvalue weighted by Crippen LogP contribution is 2.35. The molecule has 0 aromatic rings. The normalized spacial score (nSPS) is 35.1. The zero-order chi connectivity index (χ0) is 10.8. The molecular weight excluding hydrogens is 192 g/mol. The summed E-state index contributed by atoms with van der Waals surface area (Å²) in [4.78, 5) is 13.4. The summed E-state index contributed by atoms with van der Waals surface area (Å²) >= 11 is 0. The second-order valence-electron chi connectivity index (χ2n) is 4.62. The third kappa shape index (κ3) is 2.09. The maximum Gasteiger partial charge on any atom is 0.409 e. The summed E-state index contributed by atoms with van der Waals surface area (Å²) in [5.74, 6) is 1.11. The van der Waals surface area contributed by atoms with Crippen molar-refractivity contribution in [1.29, 1.82) is 0 Å². The Bertz CT molecular complexity index is 245. The van der Waals surface area contributed by atoms with Gasteiger partial charge in [0.2, 0.25) is 0 Å². The maximum absolute atomic E-state index is 11.6. The van der Waals surface area contributed by atoms with E-state index in [4.69, 9.17) is 10.5 Å². The minimum Gasteiger partial charge on any atom is -0.450 e. The van der Waals surface area contributed by atoms with Crippen molar-refractivity contribution in [3.05, 3.63) is 0 Å². The van der Waals surface area contributed by atoms with E-state index in [1.54, 1.807) is 0 Å². The van der Waals surface area contributed by atoms with Crippen molar-refractivity contribution in [1.82, 2.24) is 4.90 Å². The van der Waals surface area contributed by atoms with Crippen molar-refractivity contribution < 1.29 is 9.53 Å². The van der Waals surface area contributed by atoms with Gasteiger partial charge in [-0.1, -0.05) is 6.42 Å². The van der Waals surface area contributed by atoms with Crippen LogP contribution in [0.2, 0.25) is 0 Å². The number of carbonyl (C=O) groups is 1. The van der Waals surface area contributed by atoms with Gasteiger partial charge in [0, 0.05) is 19.1 Å². The average molecular weight is 212 g/mol. The standard InChI is InChI=1S/C11H20N2O2/c1-2-15-11(14)13-6-8-4-3-5-10(12)9(8)7-13/h8-10H,2-7,12H2,1H3. The summed E-state index contributed by atoms with van der Waals surface area (Å²) < 4.78 is 5.01. The molecule has 2 aliphatic rings. The lowest BCUT2D eigenvalue weighted by molar-refractivity contribution is 0.113. The van der Waals surface area contributed by atoms with Crippen molar-refractivity contribution in [3.8, 4) is 0 Å². The van der Waals surface area contributed by atoms with E-state index in [9.17, 15) is 4.79 Å². The molecule has 0 spiro atoms. The number of nitrogens with two attached hydrogens (primary N) is 1. The first-order valence-electron chi connectivity index (χ1n) is 5.89. The molecule has 4 nitrogen and oxygen atoms in total. The molecule has 0 radical (unpaired) electrons. The summed E-state index contributed by atoms with van der Waals surface area (Å²) in [6, 6.07) is 0.281. The Morgan fingerprint density at radius 1 is 1.47 bits per heavy atom. The summed E-state index contributed by atoms with van der Waals surface area (Å²) in [5, 5.41) is 0. The van der Waals surface area contributed by atoms with E-state index in [0.717, 1.165) is 19.5 Å². The van der Waals surface area contributed by atoms with Crippen molar-refractivity contribution in [2.45, 2.75) is 32.2 Å². The van der Waals surface area contributed by atoms with Gasteiger partial charge in [-0.05, 0) is 31.6 Å². The predicted octanol–water partition coefficient (Wildman–Crippen LogP) is 1.20. The lowest BCUT2D eigenvalue weighted by Crippen LogP contribution is -2.38. The zero-order valence-electron chi connectivity index (χ0n) is 9.32. The van der Waals surface area contributed by atoms with Crippen LogP contribution in [-0.4, -0.2) is 36.7 Å². The minimum absolute atomic E-state index is 0.167. The topological polar surface area (TPSA) is 55.6 Å². The van der Waals surface area contributed by atoms with Crippen LogP contribution >= 0.6 is 0 Å². The number of hydrogen-bond acceptors (Lipinski definition) is 3. The van der Waals surface area contributed by atoms with E-state index in [1.165, 1.54) is 12.8 Å². The Morgan fingerprint density at radius 3 is 2.93 bits per heavy atom. The molecule has 2 rings (SSSR count). The Morgan fingerprint density at radius 2 is 2.27 bits per heavy atom. The van der Waals surface area contributed by atoms with Crippen molar-refractivity contribution in [3.63, 3.8) is 0 Å². The SMILES string of the molecule is CCOC(=O)N1CC2CCCC(N)C2C1. The van der Waals surface area contributed by atoms with Gasteiger partial charge >= 0.3 is 6.09 Å². The third-order valence-corrected chi connectivity index (χ3v) is 3.68. The third-order valence-electron chi connectivity index (χ3n) is 3.68. The van der Waals surface area contributed by atoms with E-state index in [2.05, 4.69) is 0 Å². The first-order chi connectivity index (χ1) is 7.22. The van der Waals surface area contributed by atoms with Crippen LogP contribution in [0.25, 0.3) is 0 Å². The number of rotatable bonds is 1. The average Bonchev–Trinajstić information content (AvgIpc) is 2.63. The molecule has 1 saturated carbocycles. The molecule has 1 aliphatic carbocycles. The fourth-order valence-corrected chi connectivity index (χ4v) is 2.88. The number of amides is 1. The van der Waals surface area contributed by atoms with Crippen LogP contribution in [0.3, 0.4) is 0 Å². The van der Waals surface area contributed by atoms with E-state index in [-0.39, 0.29) is 12.1 Å². The fourth-order valence-electron chi connectivity index (χ4n) is 2.88. The lowest BCUT2D eigenvalue weighted by atomic mass is 9.78. The molecule has 1 saturated heterocycles. The number of nitrogens with zero attached hydrogens (tertiary/aromatic N) is 1. The van der Waals surface area contributed by atoms with Gasteiger partial charge in [0.05, 0.1) is 6.61 Å². The second-order valence-corrected chi connectivity index (χ2v) is 4.62. The summed E-state index contributed by atoms with van der Waals surface area (Å²) in [5.41, 5.74) is 6.08. The molecule has 15 heavy (non-hydrogen) atoms. The number of ether oxygens (including phenoxy) is 1. The van der Waals surface area contributed by atoms with Gasteiger partial charge in [-0.25, -0.2) is 4.79 Å². The molecular formula is C11H20N2O2. The largest absolute Gasteiger partial charge is 0.450 e. The minimum atomic E-state index is -0.167. The van der Waals surface area contributed by atoms with E-state index >= 15 is 0 Å². The molecule has 0 aromatic heterocycles. The molecule has 1 amide bonds. The smallest absolute Gasteiger partial charge is 0.409 e. The van der Waals surface area contributed by atoms with Crippen LogP contribution in [0.15, 0.2) is 0 Å². The Hall–Kier alpha value is -0.770. The lowest BCUT2D eigenvalue weighted by Gasteiger charge is -2.29. The highest BCUT2D eigenvalue weighted by Gasteiger charge is 2.40. The number of likely N-dealkylation sites (tertiary alicyclic amines) is 1. The van der Waals surface area contributed by atoms with Crippen LogP contribution in [0.5, 0.6) is 0 Å². The van der Waals surface area contributed by atoms with Gasteiger partial charge in [0.25, 0.3) is 0 Å². The van der Waals surface area contributed by atoms with Gasteiger partial charge < -0.3 is 15.4 Å². The van der Waals surface area contributed by atoms with E-state index in [1.807, 2.05) is 11.8 Å². The highest BCUT2D eigenvalue weighted by molar-refractivity contribution is 5.68. The van der Waals surface area contributed by atoms with Crippen LogP contribution in [0.4, 0.5) is 4.79 Å². The van der Waals surface area contributed by atoms with Crippen LogP contribution in [0.1, 0.15) is 26.2 Å². The van der Waals surface area contributed by atoms with Gasteiger partial charge in [-0.2, -0.15) is 0 Å². The first-order valence-corrected chi connectivity index (χ1v) is 5.89. The molecule has 3 atom stereocenters. The Kier molecular flexibility index (Phi) is 3.14. The predicted molar refractivity (Wildman–Crippen MR) is 57.4 cm³/mol. The van der Waals surface area contributed by atoms with Crippen LogP contribution < -0.4 is 5.73 Å². The summed E-state index contributed by atoms with van der Waals surface area (Å²) in [7, 11) is 0. The molecule has 4 heteroatoms. The van der Waals surface area contributed by atoms with Gasteiger partial charge in [-0.3, -0.25) is 0 Å². The highest BCUT2D eigenvalue weighted by atomic mass is 16.6. The molecule has 1 heterocycles. The van der Waals surface area contributed by atoms with Crippen molar-refractivity contribution in [2.24, 2.45) is 17.6 Å². The van der Waals surface area contributed by atoms with Crippen molar-refractivity contribution >= 4 is 6.09 Å². The summed E-state index contributed by atoms with van der Waals surface area (Å²) in [6.07, 6.45) is 3.37. The monoisotopic (exact) mass is 212 g/mol. The number of fused-ring (bicyclic) bond motifs is 1. The zero-order valence-corrected chi connectivity index (χ0v) is 9.32. The van der Waals surface area contributed by atoms with Gasteiger partial charge in [-0.15, -0.1) is 0 Å². The van der Waals surface area contributed by atoms with Gasteiger partial charge in [0.15, 0.2) is 0 Å². The second kappa shape index (κ2) is 4.39. The van der Waals surface area contributed by atoms with Crippen LogP contribution in [-0.2, 0) is 4.74 Å². The molecule has 2 fully saturated rings. The maximum atomic E-state index is 11.6. The Balaban J connectivity index is 1.94. The summed E-state index contributed by atoms with van der Waals surface area (Å²) in [6.45, 7) is 3.94. The van der Waals surface area contributed by atoms with Crippen LogP contribution in [0, 0.1) is 11.8 Å². The molecule has 0 aromatic carbocycles. The Labute approximate surface area is 90.8 Å². The fraction of sp³-hybridized carbons (Fsp3) is 0.909. The van der Waals surface area contributed by atoms with E-state index < -0.39 is 0 Å². The molecule has 86 valence electrons. The van der Waals surface area contributed by atoms with Gasteiger partial charge in [0.1, 0.15) is 0 Å². The molecule has 0 bridgehead atoms. The number of hydrogen-bond donors (Lipinski definition) is 1. The number of carbonyl (C=O) groups excluding carboxylic acids is 1. The quantitative estimate of drug-likeness (QED) is 0.710. The van der Waals surface area contributed by atoms with E-state index in [0.29, 0.717) is 18.4 Å². The van der Waals surface area contributed by atoms with Crippen molar-refractivity contribution in [2.75, 3.05) is 19.7 Å². The molecule has 3 unspecified atom stereocenters. The molecule has 2 N–H and O–H groups in total.